The van der Waals surface area contributed by atoms with Gasteiger partial charge in [0.15, 0.2) is 0 Å². The maximum Gasteiger partial charge on any atom is 0.253 e. The number of amides is 3. The standard InChI is InChI=1S/C23H40N2O6/c1-2-3-4-5-6-7-10-21(26)24-13-8-15-29-17-19-31-20-18-30-16-9-14-25-22(27)11-12-23(25)28/h11-12H,2-10,13-20H2,1H3,(H,24,26). The molecule has 0 bridgehead atoms. The average Bonchev–Trinajstić information content (AvgIpc) is 3.08. The number of unbranched alkanes of at least 4 members (excludes halogenated alkanes) is 5. The van der Waals surface area contributed by atoms with Gasteiger partial charge in [0.25, 0.3) is 11.8 Å². The zero-order chi connectivity index (χ0) is 22.6. The number of ether oxygens (including phenoxy) is 3. The molecule has 0 aromatic heterocycles. The second-order valence-electron chi connectivity index (χ2n) is 7.57. The van der Waals surface area contributed by atoms with Gasteiger partial charge in [-0.3, -0.25) is 19.3 Å². The Kier molecular flexibility index (Phi) is 16.7. The fourth-order valence-corrected chi connectivity index (χ4v) is 3.07. The highest BCUT2D eigenvalue weighted by atomic mass is 16.5. The van der Waals surface area contributed by atoms with Gasteiger partial charge in [0.2, 0.25) is 5.91 Å². The zero-order valence-electron chi connectivity index (χ0n) is 19.1. The van der Waals surface area contributed by atoms with Crippen molar-refractivity contribution in [2.45, 2.75) is 64.7 Å². The third kappa shape index (κ3) is 14.8. The minimum Gasteiger partial charge on any atom is -0.379 e. The van der Waals surface area contributed by atoms with Crippen LogP contribution in [-0.4, -0.2) is 75.4 Å². The van der Waals surface area contributed by atoms with Crippen molar-refractivity contribution in [3.63, 3.8) is 0 Å². The van der Waals surface area contributed by atoms with E-state index in [1.54, 1.807) is 0 Å². The largest absolute Gasteiger partial charge is 0.379 e. The van der Waals surface area contributed by atoms with Crippen LogP contribution in [0.4, 0.5) is 0 Å². The van der Waals surface area contributed by atoms with E-state index in [0.29, 0.717) is 65.6 Å². The van der Waals surface area contributed by atoms with Gasteiger partial charge in [-0.1, -0.05) is 39.0 Å². The summed E-state index contributed by atoms with van der Waals surface area (Å²) in [5.41, 5.74) is 0. The molecule has 31 heavy (non-hydrogen) atoms. The number of imide groups is 1. The molecule has 0 unspecified atom stereocenters. The Morgan fingerprint density at radius 3 is 1.97 bits per heavy atom. The van der Waals surface area contributed by atoms with E-state index < -0.39 is 0 Å². The van der Waals surface area contributed by atoms with E-state index in [-0.39, 0.29) is 17.7 Å². The van der Waals surface area contributed by atoms with E-state index in [4.69, 9.17) is 14.2 Å². The molecule has 0 aromatic rings. The fraction of sp³-hybridized carbons (Fsp3) is 0.783. The van der Waals surface area contributed by atoms with Crippen LogP contribution in [0.2, 0.25) is 0 Å². The molecule has 0 saturated carbocycles. The van der Waals surface area contributed by atoms with E-state index in [1.807, 2.05) is 0 Å². The lowest BCUT2D eigenvalue weighted by molar-refractivity contribution is -0.137. The molecule has 8 heteroatoms. The Morgan fingerprint density at radius 1 is 0.774 bits per heavy atom. The summed E-state index contributed by atoms with van der Waals surface area (Å²) < 4.78 is 16.3. The van der Waals surface area contributed by atoms with Crippen LogP contribution < -0.4 is 5.32 Å². The van der Waals surface area contributed by atoms with Crippen molar-refractivity contribution in [3.8, 4) is 0 Å². The van der Waals surface area contributed by atoms with Gasteiger partial charge in [-0.15, -0.1) is 0 Å². The zero-order valence-corrected chi connectivity index (χ0v) is 19.1. The first-order chi connectivity index (χ1) is 15.1. The number of carbonyl (C=O) groups is 3. The van der Waals surface area contributed by atoms with Gasteiger partial charge >= 0.3 is 0 Å². The highest BCUT2D eigenvalue weighted by Crippen LogP contribution is 2.06. The first-order valence-electron chi connectivity index (χ1n) is 11.7. The highest BCUT2D eigenvalue weighted by Gasteiger charge is 2.22. The summed E-state index contributed by atoms with van der Waals surface area (Å²) in [5, 5.41) is 2.93. The molecule has 0 aromatic carbocycles. The van der Waals surface area contributed by atoms with Gasteiger partial charge in [-0.25, -0.2) is 0 Å². The molecule has 1 aliphatic heterocycles. The number of nitrogens with one attached hydrogen (secondary N) is 1. The average molecular weight is 441 g/mol. The number of nitrogens with zero attached hydrogens (tertiary/aromatic N) is 1. The molecular formula is C23H40N2O6. The summed E-state index contributed by atoms with van der Waals surface area (Å²) >= 11 is 0. The quantitative estimate of drug-likeness (QED) is 0.218. The molecule has 1 heterocycles. The van der Waals surface area contributed by atoms with Crippen molar-refractivity contribution < 1.29 is 28.6 Å². The van der Waals surface area contributed by atoms with Gasteiger partial charge < -0.3 is 19.5 Å². The second-order valence-corrected chi connectivity index (χ2v) is 7.57. The Bertz CT molecular complexity index is 520. The highest BCUT2D eigenvalue weighted by molar-refractivity contribution is 6.12. The lowest BCUT2D eigenvalue weighted by atomic mass is 10.1. The van der Waals surface area contributed by atoms with Gasteiger partial charge in [-0.05, 0) is 19.3 Å². The SMILES string of the molecule is CCCCCCCCC(=O)NCCCOCCOCCOCCCN1C(=O)C=CC1=O. The fourth-order valence-electron chi connectivity index (χ4n) is 3.07. The van der Waals surface area contributed by atoms with Crippen molar-refractivity contribution in [2.75, 3.05) is 52.7 Å². The van der Waals surface area contributed by atoms with Crippen molar-refractivity contribution in [1.29, 1.82) is 0 Å². The summed E-state index contributed by atoms with van der Waals surface area (Å²) in [4.78, 5) is 35.6. The van der Waals surface area contributed by atoms with Gasteiger partial charge in [0.05, 0.1) is 26.4 Å². The first kappa shape index (κ1) is 27.3. The van der Waals surface area contributed by atoms with E-state index >= 15 is 0 Å². The molecule has 3 amide bonds. The van der Waals surface area contributed by atoms with Crippen LogP contribution in [0.5, 0.6) is 0 Å². The minimum absolute atomic E-state index is 0.133. The summed E-state index contributed by atoms with van der Waals surface area (Å²) in [6.07, 6.45) is 11.7. The molecular weight excluding hydrogens is 400 g/mol. The molecule has 0 radical (unpaired) electrons. The van der Waals surface area contributed by atoms with Crippen LogP contribution in [-0.2, 0) is 28.6 Å². The van der Waals surface area contributed by atoms with Crippen molar-refractivity contribution >= 4 is 17.7 Å². The Balaban J connectivity index is 1.74. The van der Waals surface area contributed by atoms with Crippen molar-refractivity contribution in [2.24, 2.45) is 0 Å². The molecule has 0 spiro atoms. The van der Waals surface area contributed by atoms with Crippen LogP contribution in [0, 0.1) is 0 Å². The number of carbonyl (C=O) groups excluding carboxylic acids is 3. The number of rotatable bonds is 21. The predicted molar refractivity (Wildman–Crippen MR) is 119 cm³/mol. The summed E-state index contributed by atoms with van der Waals surface area (Å²) in [5.74, 6) is -0.387. The molecule has 1 N–H and O–H groups in total. The Labute approximate surface area is 186 Å². The molecule has 1 aliphatic rings. The third-order valence-electron chi connectivity index (χ3n) is 4.86. The summed E-state index contributed by atoms with van der Waals surface area (Å²) in [7, 11) is 0. The van der Waals surface area contributed by atoms with E-state index in [2.05, 4.69) is 12.2 Å². The Morgan fingerprint density at radius 2 is 1.32 bits per heavy atom. The first-order valence-corrected chi connectivity index (χ1v) is 11.7. The number of hydrogen-bond donors (Lipinski definition) is 1. The normalized spacial score (nSPS) is 13.4. The second kappa shape index (κ2) is 19.0. The van der Waals surface area contributed by atoms with E-state index in [1.165, 1.54) is 42.7 Å². The molecule has 0 saturated heterocycles. The summed E-state index contributed by atoms with van der Waals surface area (Å²) in [6, 6.07) is 0. The monoisotopic (exact) mass is 440 g/mol. The van der Waals surface area contributed by atoms with Crippen molar-refractivity contribution in [3.05, 3.63) is 12.2 Å². The van der Waals surface area contributed by atoms with Crippen LogP contribution in [0.25, 0.3) is 0 Å². The maximum absolute atomic E-state index is 11.7. The molecule has 178 valence electrons. The van der Waals surface area contributed by atoms with Gasteiger partial charge in [0.1, 0.15) is 0 Å². The Hall–Kier alpha value is -1.77. The van der Waals surface area contributed by atoms with Crippen LogP contribution in [0.1, 0.15) is 64.7 Å². The smallest absolute Gasteiger partial charge is 0.253 e. The lowest BCUT2D eigenvalue weighted by Gasteiger charge is -2.13. The maximum atomic E-state index is 11.7. The van der Waals surface area contributed by atoms with Crippen LogP contribution in [0.15, 0.2) is 12.2 Å². The van der Waals surface area contributed by atoms with Crippen molar-refractivity contribution in [1.82, 2.24) is 10.2 Å². The van der Waals surface area contributed by atoms with Crippen LogP contribution in [0.3, 0.4) is 0 Å². The predicted octanol–water partition coefficient (Wildman–Crippen LogP) is 2.61. The van der Waals surface area contributed by atoms with Crippen LogP contribution >= 0.6 is 0 Å². The summed E-state index contributed by atoms with van der Waals surface area (Å²) in [6.45, 7) is 6.24. The van der Waals surface area contributed by atoms with Gasteiger partial charge in [-0.2, -0.15) is 0 Å². The molecule has 0 fully saturated rings. The number of hydrogen-bond acceptors (Lipinski definition) is 6. The third-order valence-corrected chi connectivity index (χ3v) is 4.86. The van der Waals surface area contributed by atoms with E-state index in [0.717, 1.165) is 19.3 Å². The molecule has 0 atom stereocenters. The molecule has 0 aliphatic carbocycles. The lowest BCUT2D eigenvalue weighted by Crippen LogP contribution is -2.31. The minimum atomic E-state index is -0.260. The molecule has 1 rings (SSSR count). The molecule has 8 nitrogen and oxygen atoms in total. The topological polar surface area (TPSA) is 94.2 Å². The van der Waals surface area contributed by atoms with Gasteiger partial charge in [0, 0.05) is 44.9 Å². The van der Waals surface area contributed by atoms with E-state index in [9.17, 15) is 14.4 Å².